The summed E-state index contributed by atoms with van der Waals surface area (Å²) in [6.45, 7) is 3.01. The van der Waals surface area contributed by atoms with Crippen LogP contribution >= 0.6 is 11.3 Å². The molecule has 2 atom stereocenters. The molecular formula is C10H15N3OS. The fraction of sp³-hybridized carbons (Fsp3) is 0.600. The zero-order chi connectivity index (χ0) is 10.8. The number of amides is 1. The lowest BCUT2D eigenvalue weighted by molar-refractivity contribution is -0.120. The fourth-order valence-electron chi connectivity index (χ4n) is 1.56. The molecule has 15 heavy (non-hydrogen) atoms. The Balaban J connectivity index is 1.72. The van der Waals surface area contributed by atoms with Gasteiger partial charge in [0, 0.05) is 11.9 Å². The number of anilines is 1. The van der Waals surface area contributed by atoms with Crippen molar-refractivity contribution in [3.63, 3.8) is 0 Å². The number of carbonyl (C=O) groups excluding carboxylic acids is 1. The minimum absolute atomic E-state index is 0.0411. The first-order chi connectivity index (χ1) is 7.15. The Morgan fingerprint density at radius 1 is 1.80 bits per heavy atom. The summed E-state index contributed by atoms with van der Waals surface area (Å²) in [5.41, 5.74) is 6.24. The van der Waals surface area contributed by atoms with Gasteiger partial charge in [-0.3, -0.25) is 4.79 Å². The van der Waals surface area contributed by atoms with Gasteiger partial charge in [0.2, 0.25) is 5.91 Å². The van der Waals surface area contributed by atoms with Crippen LogP contribution in [-0.4, -0.2) is 17.4 Å². The largest absolute Gasteiger partial charge is 0.375 e. The first kappa shape index (κ1) is 10.4. The van der Waals surface area contributed by atoms with E-state index in [9.17, 15) is 4.79 Å². The highest BCUT2D eigenvalue weighted by Gasteiger charge is 2.32. The van der Waals surface area contributed by atoms with Gasteiger partial charge in [0.05, 0.1) is 12.1 Å². The molecular weight excluding hydrogens is 210 g/mol. The molecule has 0 aliphatic heterocycles. The number of nitrogens with one attached hydrogen (secondary N) is 1. The second-order valence-electron chi connectivity index (χ2n) is 4.13. The van der Waals surface area contributed by atoms with Crippen molar-refractivity contribution in [2.75, 3.05) is 12.3 Å². The van der Waals surface area contributed by atoms with Gasteiger partial charge in [-0.25, -0.2) is 4.98 Å². The molecule has 0 aromatic carbocycles. The fourth-order valence-corrected chi connectivity index (χ4v) is 2.12. The lowest BCUT2D eigenvalue weighted by Gasteiger charge is -2.02. The van der Waals surface area contributed by atoms with E-state index in [1.54, 1.807) is 0 Å². The minimum Gasteiger partial charge on any atom is -0.375 e. The number of nitrogens with two attached hydrogens (primary N) is 1. The first-order valence-electron chi connectivity index (χ1n) is 5.11. The second kappa shape index (κ2) is 4.18. The zero-order valence-electron chi connectivity index (χ0n) is 8.69. The van der Waals surface area contributed by atoms with E-state index in [0.717, 1.165) is 18.2 Å². The van der Waals surface area contributed by atoms with Crippen LogP contribution in [0, 0.1) is 11.8 Å². The topological polar surface area (TPSA) is 68.0 Å². The highest BCUT2D eigenvalue weighted by atomic mass is 32.1. The number of hydrogen-bond acceptors (Lipinski definition) is 4. The molecule has 1 aliphatic carbocycles. The van der Waals surface area contributed by atoms with Gasteiger partial charge in [0.15, 0.2) is 5.13 Å². The second-order valence-corrected chi connectivity index (χ2v) is 5.02. The van der Waals surface area contributed by atoms with Gasteiger partial charge < -0.3 is 11.1 Å². The van der Waals surface area contributed by atoms with E-state index < -0.39 is 0 Å². The van der Waals surface area contributed by atoms with E-state index in [1.807, 2.05) is 5.38 Å². The molecule has 2 rings (SSSR count). The first-order valence-corrected chi connectivity index (χ1v) is 5.99. The molecule has 0 bridgehead atoms. The summed E-state index contributed by atoms with van der Waals surface area (Å²) in [5.74, 6) is 1.51. The van der Waals surface area contributed by atoms with Gasteiger partial charge in [0.1, 0.15) is 0 Å². The van der Waals surface area contributed by atoms with Crippen LogP contribution in [-0.2, 0) is 11.2 Å². The van der Waals surface area contributed by atoms with Crippen LogP contribution in [0.3, 0.4) is 0 Å². The monoisotopic (exact) mass is 225 g/mol. The summed E-state index contributed by atoms with van der Waals surface area (Å²) >= 11 is 1.37. The molecule has 1 aliphatic rings. The summed E-state index contributed by atoms with van der Waals surface area (Å²) in [6.07, 6.45) is 1.58. The molecule has 0 radical (unpaired) electrons. The van der Waals surface area contributed by atoms with Crippen LogP contribution in [0.25, 0.3) is 0 Å². The molecule has 1 fully saturated rings. The van der Waals surface area contributed by atoms with E-state index in [-0.39, 0.29) is 5.91 Å². The molecule has 1 amide bonds. The van der Waals surface area contributed by atoms with Crippen LogP contribution < -0.4 is 11.1 Å². The normalized spacial score (nSPS) is 23.8. The molecule has 3 N–H and O–H groups in total. The lowest BCUT2D eigenvalue weighted by atomic mass is 10.3. The highest BCUT2D eigenvalue weighted by Crippen LogP contribution is 2.36. The Morgan fingerprint density at radius 3 is 3.07 bits per heavy atom. The predicted octanol–water partition coefficient (Wildman–Crippen LogP) is 1.04. The number of thiazole rings is 1. The van der Waals surface area contributed by atoms with Crippen molar-refractivity contribution >= 4 is 22.4 Å². The third-order valence-electron chi connectivity index (χ3n) is 2.75. The van der Waals surface area contributed by atoms with E-state index in [1.165, 1.54) is 17.8 Å². The van der Waals surface area contributed by atoms with E-state index in [2.05, 4.69) is 17.2 Å². The Morgan fingerprint density at radius 2 is 2.53 bits per heavy atom. The van der Waals surface area contributed by atoms with Crippen molar-refractivity contribution in [2.45, 2.75) is 19.8 Å². The number of aromatic nitrogens is 1. The Kier molecular flexibility index (Phi) is 2.90. The van der Waals surface area contributed by atoms with Gasteiger partial charge in [-0.05, 0) is 18.3 Å². The van der Waals surface area contributed by atoms with Crippen LogP contribution in [0.15, 0.2) is 5.38 Å². The lowest BCUT2D eigenvalue weighted by Crippen LogP contribution is -2.27. The van der Waals surface area contributed by atoms with E-state index in [0.29, 0.717) is 17.5 Å². The van der Waals surface area contributed by atoms with Crippen molar-refractivity contribution < 1.29 is 4.79 Å². The zero-order valence-corrected chi connectivity index (χ0v) is 9.51. The Bertz CT molecular complexity index is 363. The van der Waals surface area contributed by atoms with Crippen LogP contribution in [0.5, 0.6) is 0 Å². The van der Waals surface area contributed by atoms with Crippen LogP contribution in [0.1, 0.15) is 19.0 Å². The van der Waals surface area contributed by atoms with Crippen molar-refractivity contribution in [1.29, 1.82) is 0 Å². The summed E-state index contributed by atoms with van der Waals surface area (Å²) in [4.78, 5) is 15.5. The molecule has 1 aromatic heterocycles. The summed E-state index contributed by atoms with van der Waals surface area (Å²) in [6, 6.07) is 0. The molecule has 1 heterocycles. The van der Waals surface area contributed by atoms with Crippen molar-refractivity contribution in [3.8, 4) is 0 Å². The van der Waals surface area contributed by atoms with Crippen LogP contribution in [0.2, 0.25) is 0 Å². The summed E-state index contributed by atoms with van der Waals surface area (Å²) in [7, 11) is 0. The molecule has 1 aromatic rings. The Hall–Kier alpha value is -1.10. The highest BCUT2D eigenvalue weighted by molar-refractivity contribution is 7.13. The Labute approximate surface area is 92.9 Å². The molecule has 1 saturated carbocycles. The molecule has 82 valence electrons. The molecule has 5 heteroatoms. The number of hydrogen-bond donors (Lipinski definition) is 2. The number of rotatable bonds is 4. The average molecular weight is 225 g/mol. The number of nitrogen functional groups attached to an aromatic ring is 1. The number of nitrogens with zero attached hydrogens (tertiary/aromatic N) is 1. The molecule has 0 spiro atoms. The van der Waals surface area contributed by atoms with Crippen molar-refractivity contribution in [2.24, 2.45) is 11.8 Å². The third-order valence-corrected chi connectivity index (χ3v) is 3.47. The SMILES string of the molecule is CC1CC1CNC(=O)Cc1csc(N)n1. The number of carbonyl (C=O) groups is 1. The van der Waals surface area contributed by atoms with Crippen LogP contribution in [0.4, 0.5) is 5.13 Å². The summed E-state index contributed by atoms with van der Waals surface area (Å²) < 4.78 is 0. The maximum absolute atomic E-state index is 11.5. The minimum atomic E-state index is 0.0411. The maximum Gasteiger partial charge on any atom is 0.226 e. The van der Waals surface area contributed by atoms with Gasteiger partial charge in [0.25, 0.3) is 0 Å². The average Bonchev–Trinajstić information content (AvgIpc) is 2.73. The standard InChI is InChI=1S/C10H15N3OS/c1-6-2-7(6)4-12-9(14)3-8-5-15-10(11)13-8/h5-7H,2-4H2,1H3,(H2,11,13)(H,12,14). The smallest absolute Gasteiger partial charge is 0.226 e. The van der Waals surface area contributed by atoms with Gasteiger partial charge >= 0.3 is 0 Å². The molecule has 2 unspecified atom stereocenters. The molecule has 4 nitrogen and oxygen atoms in total. The maximum atomic E-state index is 11.5. The molecule has 0 saturated heterocycles. The van der Waals surface area contributed by atoms with Gasteiger partial charge in [-0.2, -0.15) is 0 Å². The van der Waals surface area contributed by atoms with E-state index >= 15 is 0 Å². The third kappa shape index (κ3) is 2.92. The van der Waals surface area contributed by atoms with Crippen molar-refractivity contribution in [1.82, 2.24) is 10.3 Å². The summed E-state index contributed by atoms with van der Waals surface area (Å²) in [5, 5.41) is 5.27. The van der Waals surface area contributed by atoms with Gasteiger partial charge in [-0.1, -0.05) is 6.92 Å². The van der Waals surface area contributed by atoms with Crippen molar-refractivity contribution in [3.05, 3.63) is 11.1 Å². The van der Waals surface area contributed by atoms with E-state index in [4.69, 9.17) is 5.73 Å². The quantitative estimate of drug-likeness (QED) is 0.804. The van der Waals surface area contributed by atoms with Gasteiger partial charge in [-0.15, -0.1) is 11.3 Å². The predicted molar refractivity (Wildman–Crippen MR) is 60.5 cm³/mol.